The number of carbonyl (C=O) groups excluding carboxylic acids is 2. The van der Waals surface area contributed by atoms with Crippen LogP contribution in [-0.4, -0.2) is 57.7 Å². The van der Waals surface area contributed by atoms with E-state index in [0.29, 0.717) is 36.1 Å². The maximum absolute atomic E-state index is 12.7. The zero-order valence-electron chi connectivity index (χ0n) is 16.8. The highest BCUT2D eigenvalue weighted by Gasteiger charge is 2.21. The Morgan fingerprint density at radius 3 is 2.76 bits per heavy atom. The second-order valence-corrected chi connectivity index (χ2v) is 7.43. The van der Waals surface area contributed by atoms with Gasteiger partial charge < -0.3 is 4.90 Å². The predicted molar refractivity (Wildman–Crippen MR) is 111 cm³/mol. The number of amides is 2. The van der Waals surface area contributed by atoms with Crippen LogP contribution in [0.4, 0.5) is 11.9 Å². The van der Waals surface area contributed by atoms with E-state index in [1.807, 2.05) is 43.3 Å². The molecule has 158 valence electrons. The summed E-state index contributed by atoms with van der Waals surface area (Å²) in [5.41, 5.74) is 5.31. The van der Waals surface area contributed by atoms with Crippen LogP contribution in [0.3, 0.4) is 0 Å². The van der Waals surface area contributed by atoms with Gasteiger partial charge in [-0.1, -0.05) is 13.0 Å². The number of carbonyl (C=O) groups is 2. The van der Waals surface area contributed by atoms with Gasteiger partial charge in [0.25, 0.3) is 0 Å². The Morgan fingerprint density at radius 2 is 2.14 bits per heavy atom. The fourth-order valence-corrected chi connectivity index (χ4v) is 3.22. The lowest BCUT2D eigenvalue weighted by Gasteiger charge is -2.20. The first-order valence-electron chi connectivity index (χ1n) is 9.41. The average molecular weight is 422 g/mol. The Labute approximate surface area is 173 Å². The number of hydrogen-bond acceptors (Lipinski definition) is 9. The van der Waals surface area contributed by atoms with E-state index < -0.39 is 5.92 Å². The zero-order chi connectivity index (χ0) is 21.2. The molecule has 11 heteroatoms. The molecule has 2 heterocycles. The van der Waals surface area contributed by atoms with Crippen LogP contribution in [0.15, 0.2) is 17.5 Å². The molecule has 0 spiro atoms. The molecule has 2 aromatic rings. The van der Waals surface area contributed by atoms with Crippen LogP contribution in [0.5, 0.6) is 0 Å². The Bertz CT molecular complexity index is 788. The molecule has 2 rings (SSSR count). The molecule has 10 nitrogen and oxygen atoms in total. The van der Waals surface area contributed by atoms with E-state index in [9.17, 15) is 14.8 Å². The lowest BCUT2D eigenvalue weighted by molar-refractivity contribution is -0.154. The third kappa shape index (κ3) is 6.95. The molecule has 0 radical (unpaired) electrons. The number of hydrazine groups is 1. The number of hydroxylamine groups is 2. The SMILES string of the molecule is CCc1nc(NNC(=O)C(CCc2cccs2)CN(O)C=O)nc(N(C)CC)n1. The smallest absolute Gasteiger partial charge is 0.246 e. The summed E-state index contributed by atoms with van der Waals surface area (Å²) in [6.45, 7) is 4.53. The minimum Gasteiger partial charge on any atom is -0.344 e. The first-order valence-corrected chi connectivity index (χ1v) is 10.3. The molecule has 2 aromatic heterocycles. The number of aromatic nitrogens is 3. The molecule has 2 amide bonds. The van der Waals surface area contributed by atoms with Gasteiger partial charge in [-0.2, -0.15) is 15.0 Å². The number of hydrogen-bond donors (Lipinski definition) is 3. The minimum atomic E-state index is -0.606. The van der Waals surface area contributed by atoms with Gasteiger partial charge in [0.1, 0.15) is 5.82 Å². The van der Waals surface area contributed by atoms with Crippen molar-refractivity contribution in [3.8, 4) is 0 Å². The summed E-state index contributed by atoms with van der Waals surface area (Å²) in [6.07, 6.45) is 2.04. The normalized spacial score (nSPS) is 11.6. The van der Waals surface area contributed by atoms with Gasteiger partial charge in [-0.15, -0.1) is 11.3 Å². The predicted octanol–water partition coefficient (Wildman–Crippen LogP) is 1.49. The third-order valence-electron chi connectivity index (χ3n) is 4.32. The molecule has 0 fully saturated rings. The topological polar surface area (TPSA) is 124 Å². The quantitative estimate of drug-likeness (QED) is 0.268. The van der Waals surface area contributed by atoms with Gasteiger partial charge >= 0.3 is 0 Å². The lowest BCUT2D eigenvalue weighted by atomic mass is 10.0. The van der Waals surface area contributed by atoms with Crippen LogP contribution in [0.2, 0.25) is 0 Å². The van der Waals surface area contributed by atoms with Crippen molar-refractivity contribution in [1.82, 2.24) is 25.4 Å². The van der Waals surface area contributed by atoms with Crippen LogP contribution >= 0.6 is 11.3 Å². The summed E-state index contributed by atoms with van der Waals surface area (Å²) in [7, 11) is 1.87. The van der Waals surface area contributed by atoms with Gasteiger partial charge in [0.15, 0.2) is 0 Å². The molecule has 1 unspecified atom stereocenters. The summed E-state index contributed by atoms with van der Waals surface area (Å²) >= 11 is 1.60. The van der Waals surface area contributed by atoms with E-state index in [0.717, 1.165) is 11.4 Å². The van der Waals surface area contributed by atoms with Crippen molar-refractivity contribution in [3.05, 3.63) is 28.2 Å². The largest absolute Gasteiger partial charge is 0.344 e. The van der Waals surface area contributed by atoms with E-state index >= 15 is 0 Å². The lowest BCUT2D eigenvalue weighted by Crippen LogP contribution is -2.41. The number of nitrogens with one attached hydrogen (secondary N) is 2. The van der Waals surface area contributed by atoms with Crippen LogP contribution < -0.4 is 15.8 Å². The Morgan fingerprint density at radius 1 is 1.34 bits per heavy atom. The molecule has 0 aliphatic heterocycles. The van der Waals surface area contributed by atoms with Gasteiger partial charge in [-0.25, -0.2) is 5.06 Å². The first kappa shape index (κ1) is 22.5. The van der Waals surface area contributed by atoms with Crippen LogP contribution in [0.25, 0.3) is 0 Å². The number of anilines is 2. The van der Waals surface area contributed by atoms with Crippen LogP contribution in [-0.2, 0) is 22.4 Å². The van der Waals surface area contributed by atoms with Crippen molar-refractivity contribution in [1.29, 1.82) is 0 Å². The second kappa shape index (κ2) is 11.3. The molecule has 0 aliphatic rings. The van der Waals surface area contributed by atoms with Gasteiger partial charge in [0.05, 0.1) is 12.5 Å². The van der Waals surface area contributed by atoms with Crippen molar-refractivity contribution in [3.63, 3.8) is 0 Å². The highest BCUT2D eigenvalue weighted by Crippen LogP contribution is 2.16. The molecule has 1 atom stereocenters. The Balaban J connectivity index is 2.04. The number of thiophene rings is 1. The van der Waals surface area contributed by atoms with Crippen LogP contribution in [0, 0.1) is 5.92 Å². The molecule has 29 heavy (non-hydrogen) atoms. The van der Waals surface area contributed by atoms with Crippen molar-refractivity contribution >= 4 is 35.6 Å². The fraction of sp³-hybridized carbons (Fsp3) is 0.500. The standard InChI is InChI=1S/C18H27N7O3S/c1-4-15-19-17(21-18(20-15)24(3)5-2)23-22-16(27)13(11-25(28)12-26)8-9-14-7-6-10-29-14/h6-7,10,12-13,28H,4-5,8-9,11H2,1-3H3,(H,22,27)(H,19,20,21,23). The summed E-state index contributed by atoms with van der Waals surface area (Å²) in [5, 5.41) is 12.0. The second-order valence-electron chi connectivity index (χ2n) is 6.40. The van der Waals surface area contributed by atoms with Gasteiger partial charge in [-0.05, 0) is 31.2 Å². The van der Waals surface area contributed by atoms with E-state index in [1.165, 1.54) is 0 Å². The Hall–Kier alpha value is -2.79. The average Bonchev–Trinajstić information content (AvgIpc) is 3.27. The van der Waals surface area contributed by atoms with E-state index in [-0.39, 0.29) is 24.8 Å². The summed E-state index contributed by atoms with van der Waals surface area (Å²) in [5.74, 6) is 0.363. The highest BCUT2D eigenvalue weighted by molar-refractivity contribution is 7.09. The van der Waals surface area contributed by atoms with E-state index in [2.05, 4.69) is 25.8 Å². The van der Waals surface area contributed by atoms with Gasteiger partial charge in [0, 0.05) is 24.9 Å². The monoisotopic (exact) mass is 421 g/mol. The summed E-state index contributed by atoms with van der Waals surface area (Å²) in [6, 6.07) is 3.93. The minimum absolute atomic E-state index is 0.108. The van der Waals surface area contributed by atoms with E-state index in [1.54, 1.807) is 11.3 Å². The number of nitrogens with zero attached hydrogens (tertiary/aromatic N) is 5. The maximum atomic E-state index is 12.7. The summed E-state index contributed by atoms with van der Waals surface area (Å²) in [4.78, 5) is 39.4. The molecule has 0 bridgehead atoms. The van der Waals surface area contributed by atoms with Crippen LogP contribution in [0.1, 0.15) is 31.0 Å². The number of rotatable bonds is 12. The third-order valence-corrected chi connectivity index (χ3v) is 5.25. The molecular formula is C18H27N7O3S. The molecule has 0 saturated carbocycles. The summed E-state index contributed by atoms with van der Waals surface area (Å²) < 4.78 is 0. The number of aryl methyl sites for hydroxylation is 2. The Kier molecular flexibility index (Phi) is 8.74. The maximum Gasteiger partial charge on any atom is 0.246 e. The fourth-order valence-electron chi connectivity index (χ4n) is 2.50. The van der Waals surface area contributed by atoms with Crippen molar-refractivity contribution in [2.24, 2.45) is 5.92 Å². The van der Waals surface area contributed by atoms with Gasteiger partial charge in [-0.3, -0.25) is 25.6 Å². The molecular weight excluding hydrogens is 394 g/mol. The first-order chi connectivity index (χ1) is 14.0. The van der Waals surface area contributed by atoms with Crippen molar-refractivity contribution in [2.45, 2.75) is 33.1 Å². The molecule has 0 saturated heterocycles. The zero-order valence-corrected chi connectivity index (χ0v) is 17.6. The molecule has 3 N–H and O–H groups in total. The van der Waals surface area contributed by atoms with Crippen molar-refractivity contribution < 1.29 is 14.8 Å². The van der Waals surface area contributed by atoms with Gasteiger partial charge in [0.2, 0.25) is 24.2 Å². The van der Waals surface area contributed by atoms with E-state index in [4.69, 9.17) is 0 Å². The van der Waals surface area contributed by atoms with Crippen molar-refractivity contribution in [2.75, 3.05) is 30.5 Å². The highest BCUT2D eigenvalue weighted by atomic mass is 32.1. The molecule has 0 aliphatic carbocycles. The molecule has 0 aromatic carbocycles.